The van der Waals surface area contributed by atoms with Gasteiger partial charge in [-0.3, -0.25) is 4.79 Å². The van der Waals surface area contributed by atoms with Crippen molar-refractivity contribution in [2.45, 2.75) is 25.3 Å². The van der Waals surface area contributed by atoms with E-state index in [2.05, 4.69) is 24.2 Å². The average Bonchev–Trinajstić information content (AvgIpc) is 2.96. The molecule has 0 bridgehead atoms. The van der Waals surface area contributed by atoms with Gasteiger partial charge in [0.25, 0.3) is 15.9 Å². The molecule has 2 heterocycles. The molecule has 21 heavy (non-hydrogen) atoms. The van der Waals surface area contributed by atoms with Gasteiger partial charge in [0, 0.05) is 11.9 Å². The highest BCUT2D eigenvalue weighted by atomic mass is 32.2. The zero-order valence-corrected chi connectivity index (χ0v) is 13.5. The standard InChI is InChI=1S/C12H16N4O3S2/c1-8(2)6-9-4-5-10(20-9)12(17)14-21(18,19)11-7-13-15-16(11)3/h4-5,7-8H,6H2,1-3H3,(H,14,17). The second kappa shape index (κ2) is 5.94. The number of hydrogen-bond acceptors (Lipinski definition) is 6. The largest absolute Gasteiger partial charge is 0.283 e. The number of carbonyl (C=O) groups is 1. The van der Waals surface area contributed by atoms with Crippen LogP contribution in [0, 0.1) is 5.92 Å². The van der Waals surface area contributed by atoms with Crippen LogP contribution in [0.2, 0.25) is 0 Å². The lowest BCUT2D eigenvalue weighted by atomic mass is 10.1. The number of sulfonamides is 1. The maximum Gasteiger partial charge on any atom is 0.283 e. The minimum atomic E-state index is -3.96. The highest BCUT2D eigenvalue weighted by Gasteiger charge is 2.23. The van der Waals surface area contributed by atoms with E-state index in [4.69, 9.17) is 0 Å². The number of amides is 1. The quantitative estimate of drug-likeness (QED) is 0.890. The maximum absolute atomic E-state index is 12.1. The molecule has 0 radical (unpaired) electrons. The number of aromatic nitrogens is 3. The number of hydrogen-bond donors (Lipinski definition) is 1. The zero-order chi connectivity index (χ0) is 15.6. The molecule has 0 aromatic carbocycles. The van der Waals surface area contributed by atoms with Crippen LogP contribution in [0.25, 0.3) is 0 Å². The van der Waals surface area contributed by atoms with Gasteiger partial charge in [-0.2, -0.15) is 8.42 Å². The molecule has 0 fully saturated rings. The van der Waals surface area contributed by atoms with Crippen molar-refractivity contribution in [3.8, 4) is 0 Å². The third-order valence-corrected chi connectivity index (χ3v) is 5.15. The van der Waals surface area contributed by atoms with Gasteiger partial charge >= 0.3 is 0 Å². The monoisotopic (exact) mass is 328 g/mol. The molecule has 0 aliphatic carbocycles. The molecule has 0 unspecified atom stereocenters. The Labute approximate surface area is 127 Å². The highest BCUT2D eigenvalue weighted by molar-refractivity contribution is 7.90. The number of carbonyl (C=O) groups excluding carboxylic acids is 1. The highest BCUT2D eigenvalue weighted by Crippen LogP contribution is 2.20. The molecule has 0 atom stereocenters. The molecule has 2 aromatic heterocycles. The number of aryl methyl sites for hydroxylation is 1. The Hall–Kier alpha value is -1.74. The molecule has 2 aromatic rings. The van der Waals surface area contributed by atoms with Crippen LogP contribution in [0.4, 0.5) is 0 Å². The zero-order valence-electron chi connectivity index (χ0n) is 11.9. The predicted octanol–water partition coefficient (Wildman–Crippen LogP) is 1.19. The minimum Gasteiger partial charge on any atom is -0.267 e. The van der Waals surface area contributed by atoms with Gasteiger partial charge in [0.2, 0.25) is 0 Å². The van der Waals surface area contributed by atoms with Crippen LogP contribution in [-0.4, -0.2) is 29.3 Å². The molecular formula is C12H16N4O3S2. The van der Waals surface area contributed by atoms with Crippen molar-refractivity contribution in [3.63, 3.8) is 0 Å². The number of nitrogens with one attached hydrogen (secondary N) is 1. The Balaban J connectivity index is 2.15. The van der Waals surface area contributed by atoms with Crippen molar-refractivity contribution in [2.24, 2.45) is 13.0 Å². The van der Waals surface area contributed by atoms with Crippen molar-refractivity contribution in [1.82, 2.24) is 19.7 Å². The van der Waals surface area contributed by atoms with E-state index >= 15 is 0 Å². The summed E-state index contributed by atoms with van der Waals surface area (Å²) in [6, 6.07) is 3.48. The molecule has 1 amide bonds. The van der Waals surface area contributed by atoms with Crippen molar-refractivity contribution in [1.29, 1.82) is 0 Å². The fourth-order valence-electron chi connectivity index (χ4n) is 1.76. The third kappa shape index (κ3) is 3.67. The van der Waals surface area contributed by atoms with E-state index in [1.54, 1.807) is 6.07 Å². The fourth-order valence-corrected chi connectivity index (χ4v) is 3.97. The second-order valence-corrected chi connectivity index (χ2v) is 7.79. The lowest BCUT2D eigenvalue weighted by molar-refractivity contribution is 0.0985. The number of nitrogens with zero attached hydrogens (tertiary/aromatic N) is 3. The maximum atomic E-state index is 12.1. The van der Waals surface area contributed by atoms with E-state index in [0.717, 1.165) is 22.2 Å². The van der Waals surface area contributed by atoms with Crippen LogP contribution in [-0.2, 0) is 23.5 Å². The molecular weight excluding hydrogens is 312 g/mol. The summed E-state index contributed by atoms with van der Waals surface area (Å²) in [4.78, 5) is 13.5. The van der Waals surface area contributed by atoms with Crippen LogP contribution >= 0.6 is 11.3 Å². The minimum absolute atomic E-state index is 0.158. The van der Waals surface area contributed by atoms with Crippen LogP contribution in [0.5, 0.6) is 0 Å². The Kier molecular flexibility index (Phi) is 4.43. The lowest BCUT2D eigenvalue weighted by Gasteiger charge is -2.04. The first-order chi connectivity index (χ1) is 9.79. The third-order valence-electron chi connectivity index (χ3n) is 2.67. The molecule has 0 spiro atoms. The summed E-state index contributed by atoms with van der Waals surface area (Å²) in [5.74, 6) is -0.167. The topological polar surface area (TPSA) is 93.9 Å². The Morgan fingerprint density at radius 1 is 1.43 bits per heavy atom. The first kappa shape index (κ1) is 15.6. The van der Waals surface area contributed by atoms with Crippen LogP contribution < -0.4 is 4.72 Å². The molecule has 2 rings (SSSR count). The summed E-state index contributed by atoms with van der Waals surface area (Å²) in [5, 5.41) is 6.87. The van der Waals surface area contributed by atoms with Gasteiger partial charge in [0.1, 0.15) is 0 Å². The van der Waals surface area contributed by atoms with E-state index < -0.39 is 15.9 Å². The van der Waals surface area contributed by atoms with E-state index in [0.29, 0.717) is 10.8 Å². The van der Waals surface area contributed by atoms with Crippen molar-refractivity contribution >= 4 is 27.3 Å². The molecule has 7 nitrogen and oxygen atoms in total. The van der Waals surface area contributed by atoms with Crippen LogP contribution in [0.1, 0.15) is 28.4 Å². The number of rotatable bonds is 5. The molecule has 0 saturated carbocycles. The van der Waals surface area contributed by atoms with Crippen LogP contribution in [0.15, 0.2) is 23.4 Å². The first-order valence-corrected chi connectivity index (χ1v) is 8.60. The Morgan fingerprint density at radius 3 is 2.71 bits per heavy atom. The SMILES string of the molecule is CC(C)Cc1ccc(C(=O)NS(=O)(=O)c2cnnn2C)s1. The lowest BCUT2D eigenvalue weighted by Crippen LogP contribution is -2.31. The average molecular weight is 328 g/mol. The normalized spacial score (nSPS) is 11.8. The van der Waals surface area contributed by atoms with Gasteiger partial charge in [0.05, 0.1) is 11.1 Å². The molecule has 0 saturated heterocycles. The molecule has 9 heteroatoms. The van der Waals surface area contributed by atoms with E-state index in [-0.39, 0.29) is 5.03 Å². The second-order valence-electron chi connectivity index (χ2n) is 4.99. The van der Waals surface area contributed by atoms with Crippen molar-refractivity contribution < 1.29 is 13.2 Å². The van der Waals surface area contributed by atoms with Crippen LogP contribution in [0.3, 0.4) is 0 Å². The summed E-state index contributed by atoms with van der Waals surface area (Å²) in [6.45, 7) is 4.17. The Bertz CT molecular complexity index is 746. The van der Waals surface area contributed by atoms with E-state index in [9.17, 15) is 13.2 Å². The van der Waals surface area contributed by atoms with Gasteiger partial charge in [-0.05, 0) is 24.5 Å². The van der Waals surface area contributed by atoms with Crippen molar-refractivity contribution in [2.75, 3.05) is 0 Å². The van der Waals surface area contributed by atoms with Gasteiger partial charge in [-0.1, -0.05) is 19.1 Å². The van der Waals surface area contributed by atoms with E-state index in [1.807, 2.05) is 10.8 Å². The first-order valence-electron chi connectivity index (χ1n) is 6.30. The van der Waals surface area contributed by atoms with Gasteiger partial charge in [-0.15, -0.1) is 16.4 Å². The summed E-state index contributed by atoms with van der Waals surface area (Å²) < 4.78 is 27.2. The summed E-state index contributed by atoms with van der Waals surface area (Å²) in [6.07, 6.45) is 1.95. The number of thiophene rings is 1. The summed E-state index contributed by atoms with van der Waals surface area (Å²) in [7, 11) is -2.52. The van der Waals surface area contributed by atoms with Gasteiger partial charge in [-0.25, -0.2) is 9.40 Å². The molecule has 0 aliphatic heterocycles. The van der Waals surface area contributed by atoms with Gasteiger partial charge in [0.15, 0.2) is 5.03 Å². The molecule has 1 N–H and O–H groups in total. The predicted molar refractivity (Wildman–Crippen MR) is 78.5 cm³/mol. The summed E-state index contributed by atoms with van der Waals surface area (Å²) >= 11 is 1.30. The molecule has 0 aliphatic rings. The Morgan fingerprint density at radius 2 is 2.14 bits per heavy atom. The van der Waals surface area contributed by atoms with E-state index in [1.165, 1.54) is 18.4 Å². The van der Waals surface area contributed by atoms with Crippen molar-refractivity contribution in [3.05, 3.63) is 28.1 Å². The fraction of sp³-hybridized carbons (Fsp3) is 0.417. The summed E-state index contributed by atoms with van der Waals surface area (Å²) in [5.41, 5.74) is 0. The smallest absolute Gasteiger partial charge is 0.267 e. The van der Waals surface area contributed by atoms with Gasteiger partial charge < -0.3 is 0 Å². The molecule has 114 valence electrons.